The van der Waals surface area contributed by atoms with Crippen molar-refractivity contribution in [1.29, 1.82) is 0 Å². The SMILES string of the molecule is C[C@@H]1CO[C@@H](c2ccccc2)[C@H](C)N1Cc1cccc(O)c1. The van der Waals surface area contributed by atoms with Crippen LogP contribution in [0.3, 0.4) is 0 Å². The van der Waals surface area contributed by atoms with Crippen LogP contribution in [0.4, 0.5) is 0 Å². The Kier molecular flexibility index (Phi) is 4.46. The molecule has 0 aromatic heterocycles. The van der Waals surface area contributed by atoms with Gasteiger partial charge in [0.15, 0.2) is 0 Å². The maximum Gasteiger partial charge on any atom is 0.115 e. The second-order valence-corrected chi connectivity index (χ2v) is 6.10. The standard InChI is InChI=1S/C19H23NO2/c1-14-13-22-19(17-8-4-3-5-9-17)15(2)20(14)12-16-7-6-10-18(21)11-16/h3-11,14-15,19,21H,12-13H2,1-2H3/t14-,15+,19-/m1/s1. The molecule has 3 nitrogen and oxygen atoms in total. The lowest BCUT2D eigenvalue weighted by Gasteiger charge is -2.44. The molecule has 1 N–H and O–H groups in total. The third-order valence-electron chi connectivity index (χ3n) is 4.45. The molecule has 0 amide bonds. The molecule has 0 unspecified atom stereocenters. The lowest BCUT2D eigenvalue weighted by atomic mass is 9.98. The highest BCUT2D eigenvalue weighted by Gasteiger charge is 2.33. The number of rotatable bonds is 3. The summed E-state index contributed by atoms with van der Waals surface area (Å²) in [5.41, 5.74) is 2.36. The molecule has 1 aliphatic heterocycles. The minimum Gasteiger partial charge on any atom is -0.508 e. The van der Waals surface area contributed by atoms with Crippen molar-refractivity contribution in [2.75, 3.05) is 6.61 Å². The molecule has 0 bridgehead atoms. The van der Waals surface area contributed by atoms with Crippen molar-refractivity contribution >= 4 is 0 Å². The molecule has 1 fully saturated rings. The number of hydrogen-bond donors (Lipinski definition) is 1. The van der Waals surface area contributed by atoms with Crippen LogP contribution in [0.1, 0.15) is 31.1 Å². The van der Waals surface area contributed by atoms with Crippen molar-refractivity contribution in [3.8, 4) is 5.75 Å². The number of aromatic hydroxyl groups is 1. The van der Waals surface area contributed by atoms with E-state index in [9.17, 15) is 5.11 Å². The normalized spacial score (nSPS) is 26.0. The van der Waals surface area contributed by atoms with Crippen LogP contribution in [0.25, 0.3) is 0 Å². The third kappa shape index (κ3) is 3.16. The van der Waals surface area contributed by atoms with Gasteiger partial charge in [-0.2, -0.15) is 0 Å². The molecule has 3 heteroatoms. The van der Waals surface area contributed by atoms with E-state index < -0.39 is 0 Å². The number of nitrogens with zero attached hydrogens (tertiary/aromatic N) is 1. The highest BCUT2D eigenvalue weighted by molar-refractivity contribution is 5.27. The van der Waals surface area contributed by atoms with Crippen molar-refractivity contribution in [2.24, 2.45) is 0 Å². The van der Waals surface area contributed by atoms with Gasteiger partial charge in [-0.25, -0.2) is 0 Å². The molecule has 1 aliphatic rings. The molecule has 0 aliphatic carbocycles. The van der Waals surface area contributed by atoms with Crippen LogP contribution >= 0.6 is 0 Å². The van der Waals surface area contributed by atoms with Crippen molar-refractivity contribution in [2.45, 2.75) is 38.6 Å². The zero-order valence-corrected chi connectivity index (χ0v) is 13.1. The molecule has 0 spiro atoms. The topological polar surface area (TPSA) is 32.7 Å². The summed E-state index contributed by atoms with van der Waals surface area (Å²) in [7, 11) is 0. The number of benzene rings is 2. The van der Waals surface area contributed by atoms with Crippen LogP contribution < -0.4 is 0 Å². The predicted molar refractivity (Wildman–Crippen MR) is 87.7 cm³/mol. The first-order valence-corrected chi connectivity index (χ1v) is 7.85. The largest absolute Gasteiger partial charge is 0.508 e. The van der Waals surface area contributed by atoms with Gasteiger partial charge in [-0.15, -0.1) is 0 Å². The van der Waals surface area contributed by atoms with E-state index in [-0.39, 0.29) is 12.1 Å². The van der Waals surface area contributed by atoms with E-state index in [4.69, 9.17) is 4.74 Å². The Labute approximate surface area is 132 Å². The first-order valence-electron chi connectivity index (χ1n) is 7.85. The van der Waals surface area contributed by atoms with Gasteiger partial charge in [0.2, 0.25) is 0 Å². The molecule has 3 atom stereocenters. The molecular formula is C19H23NO2. The first-order chi connectivity index (χ1) is 10.6. The van der Waals surface area contributed by atoms with Crippen LogP contribution in [-0.2, 0) is 11.3 Å². The van der Waals surface area contributed by atoms with Crippen LogP contribution in [0.5, 0.6) is 5.75 Å². The Morgan fingerprint density at radius 1 is 1.09 bits per heavy atom. The van der Waals surface area contributed by atoms with E-state index in [1.165, 1.54) is 5.56 Å². The first kappa shape index (κ1) is 15.1. The van der Waals surface area contributed by atoms with Gasteiger partial charge in [-0.05, 0) is 37.1 Å². The minimum atomic E-state index is 0.0923. The number of phenols is 1. The summed E-state index contributed by atoms with van der Waals surface area (Å²) in [5.74, 6) is 0.325. The van der Waals surface area contributed by atoms with Gasteiger partial charge < -0.3 is 9.84 Å². The zero-order valence-electron chi connectivity index (χ0n) is 13.1. The maximum atomic E-state index is 9.66. The Balaban J connectivity index is 1.80. The van der Waals surface area contributed by atoms with Crippen molar-refractivity contribution in [3.05, 3.63) is 65.7 Å². The molecule has 2 aromatic rings. The zero-order chi connectivity index (χ0) is 15.5. The van der Waals surface area contributed by atoms with Crippen LogP contribution in [0.2, 0.25) is 0 Å². The number of ether oxygens (including phenoxy) is 1. The Bertz CT molecular complexity index is 614. The van der Waals surface area contributed by atoms with Crippen molar-refractivity contribution in [3.63, 3.8) is 0 Å². The second kappa shape index (κ2) is 6.51. The van der Waals surface area contributed by atoms with E-state index in [0.29, 0.717) is 11.8 Å². The van der Waals surface area contributed by atoms with E-state index in [1.54, 1.807) is 6.07 Å². The average molecular weight is 297 g/mol. The van der Waals surface area contributed by atoms with Gasteiger partial charge in [0.1, 0.15) is 5.75 Å². The quantitative estimate of drug-likeness (QED) is 0.936. The smallest absolute Gasteiger partial charge is 0.115 e. The highest BCUT2D eigenvalue weighted by atomic mass is 16.5. The summed E-state index contributed by atoms with van der Waals surface area (Å²) in [6, 6.07) is 18.6. The molecule has 0 saturated carbocycles. The number of phenolic OH excluding ortho intramolecular Hbond substituents is 1. The molecule has 22 heavy (non-hydrogen) atoms. The summed E-state index contributed by atoms with van der Waals surface area (Å²) in [6.07, 6.45) is 0.0923. The predicted octanol–water partition coefficient (Wildman–Crippen LogP) is 3.74. The highest BCUT2D eigenvalue weighted by Crippen LogP contribution is 2.32. The van der Waals surface area contributed by atoms with E-state index >= 15 is 0 Å². The van der Waals surface area contributed by atoms with Crippen molar-refractivity contribution in [1.82, 2.24) is 4.90 Å². The number of hydrogen-bond acceptors (Lipinski definition) is 3. The Morgan fingerprint density at radius 2 is 1.86 bits per heavy atom. The summed E-state index contributed by atoms with van der Waals surface area (Å²) < 4.78 is 6.09. The van der Waals surface area contributed by atoms with Gasteiger partial charge in [-0.3, -0.25) is 4.90 Å². The van der Waals surface area contributed by atoms with Crippen LogP contribution in [0, 0.1) is 0 Å². The summed E-state index contributed by atoms with van der Waals surface area (Å²) in [4.78, 5) is 2.45. The lowest BCUT2D eigenvalue weighted by Crippen LogP contribution is -2.50. The molecule has 1 saturated heterocycles. The summed E-state index contributed by atoms with van der Waals surface area (Å²) in [5, 5.41) is 9.66. The van der Waals surface area contributed by atoms with Crippen molar-refractivity contribution < 1.29 is 9.84 Å². The van der Waals surface area contributed by atoms with Crippen LogP contribution in [-0.4, -0.2) is 28.7 Å². The molecule has 3 rings (SSSR count). The second-order valence-electron chi connectivity index (χ2n) is 6.10. The van der Waals surface area contributed by atoms with Gasteiger partial charge in [0.05, 0.1) is 12.7 Å². The molecular weight excluding hydrogens is 274 g/mol. The molecule has 116 valence electrons. The van der Waals surface area contributed by atoms with Gasteiger partial charge in [0, 0.05) is 18.6 Å². The van der Waals surface area contributed by atoms with Gasteiger partial charge >= 0.3 is 0 Å². The fourth-order valence-electron chi connectivity index (χ4n) is 3.24. The summed E-state index contributed by atoms with van der Waals surface area (Å²) in [6.45, 7) is 5.96. The number of morpholine rings is 1. The average Bonchev–Trinajstić information content (AvgIpc) is 2.52. The lowest BCUT2D eigenvalue weighted by molar-refractivity contribution is -0.0993. The third-order valence-corrected chi connectivity index (χ3v) is 4.45. The summed E-state index contributed by atoms with van der Waals surface area (Å²) >= 11 is 0. The maximum absolute atomic E-state index is 9.66. The Hall–Kier alpha value is -1.84. The molecule has 0 radical (unpaired) electrons. The van der Waals surface area contributed by atoms with Crippen LogP contribution in [0.15, 0.2) is 54.6 Å². The molecule has 1 heterocycles. The monoisotopic (exact) mass is 297 g/mol. The van der Waals surface area contributed by atoms with E-state index in [2.05, 4.69) is 49.1 Å². The van der Waals surface area contributed by atoms with Gasteiger partial charge in [0.25, 0.3) is 0 Å². The van der Waals surface area contributed by atoms with E-state index in [1.807, 2.05) is 18.2 Å². The minimum absolute atomic E-state index is 0.0923. The fraction of sp³-hybridized carbons (Fsp3) is 0.368. The fourth-order valence-corrected chi connectivity index (χ4v) is 3.24. The Morgan fingerprint density at radius 3 is 2.59 bits per heavy atom. The van der Waals surface area contributed by atoms with E-state index in [0.717, 1.165) is 18.7 Å². The molecule has 2 aromatic carbocycles. The van der Waals surface area contributed by atoms with Gasteiger partial charge in [-0.1, -0.05) is 42.5 Å².